The minimum atomic E-state index is -3.98. The maximum atomic E-state index is 8.41. The molecule has 0 aliphatic heterocycles. The minimum absolute atomic E-state index is 1.05. The van der Waals surface area contributed by atoms with Crippen LogP contribution in [0.4, 0.5) is 11.4 Å². The van der Waals surface area contributed by atoms with Gasteiger partial charge in [-0.1, -0.05) is 65.3 Å². The van der Waals surface area contributed by atoms with Gasteiger partial charge in [-0.3, -0.25) is 0 Å². The maximum absolute atomic E-state index is 8.41. The van der Waals surface area contributed by atoms with Gasteiger partial charge in [0.1, 0.15) is 0 Å². The number of hydrogen-bond donors (Lipinski definition) is 1. The molecular weight excluding hydrogens is 254 g/mol. The van der Waals surface area contributed by atoms with Crippen LogP contribution in [0, 0.1) is 0 Å². The zero-order valence-corrected chi connectivity index (χ0v) is 10.5. The molecule has 2 aromatic rings. The van der Waals surface area contributed by atoms with Crippen molar-refractivity contribution in [3.8, 4) is 0 Å². The number of rotatable bonds is 2. The fraction of sp³-hybridized carbons (Fsp3) is 0.400. The summed E-state index contributed by atoms with van der Waals surface area (Å²) in [4.78, 5) is 0. The number of nitrogens with one attached hydrogen (secondary N) is 1. The van der Waals surface area contributed by atoms with Gasteiger partial charge < -0.3 is 5.32 Å². The van der Waals surface area contributed by atoms with Crippen LogP contribution in [0.5, 0.6) is 0 Å². The van der Waals surface area contributed by atoms with E-state index in [-0.39, 0.29) is 0 Å². The SMILES string of the molecule is [2H]c1c([2H])c(C(C([2H])([2H])[2H])(C([2H])([2H])[2H])C([2H])([2H])[2H])c([2H])c([2H])c1Nc1c([2H])c([2H])c(C(C([2H])([2H])[2H])(C([2H])([2H])[2H])C([2H])([2H])[2H])c([2H])c1[2H]. The van der Waals surface area contributed by atoms with Crippen molar-refractivity contribution < 1.29 is 35.6 Å². The molecule has 1 heteroatoms. The van der Waals surface area contributed by atoms with Crippen molar-refractivity contribution in [3.05, 3.63) is 59.5 Å². The van der Waals surface area contributed by atoms with Crippen molar-refractivity contribution in [2.24, 2.45) is 0 Å². The molecule has 1 nitrogen and oxygen atoms in total. The van der Waals surface area contributed by atoms with E-state index >= 15 is 0 Å². The minimum Gasteiger partial charge on any atom is -0.356 e. The Bertz CT molecular complexity index is 1300. The van der Waals surface area contributed by atoms with E-state index in [1.165, 1.54) is 0 Å². The summed E-state index contributed by atoms with van der Waals surface area (Å²) in [5.74, 6) is 0. The summed E-state index contributed by atoms with van der Waals surface area (Å²) >= 11 is 0. The first-order valence-electron chi connectivity index (χ1n) is 18.5. The molecular formula is C20H27N. The number of benzene rings is 2. The Morgan fingerprint density at radius 2 is 1.00 bits per heavy atom. The van der Waals surface area contributed by atoms with Crippen LogP contribution in [0.15, 0.2) is 48.3 Å². The molecule has 0 aliphatic rings. The molecule has 112 valence electrons. The summed E-state index contributed by atoms with van der Waals surface area (Å²) in [6.45, 7) is -23.9. The maximum Gasteiger partial charge on any atom is 0.0645 e. The Balaban J connectivity index is 3.14. The lowest BCUT2D eigenvalue weighted by Crippen LogP contribution is -2.11. The highest BCUT2D eigenvalue weighted by atomic mass is 14.9. The second-order valence-electron chi connectivity index (χ2n) is 4.12. The highest BCUT2D eigenvalue weighted by Crippen LogP contribution is 2.27. The quantitative estimate of drug-likeness (QED) is 0.714. The van der Waals surface area contributed by atoms with Gasteiger partial charge in [-0.2, -0.15) is 0 Å². The lowest BCUT2D eigenvalue weighted by Gasteiger charge is -2.20. The molecule has 0 spiro atoms. The molecule has 2 aromatic carbocycles. The van der Waals surface area contributed by atoms with Crippen molar-refractivity contribution in [1.29, 1.82) is 0 Å². The summed E-state index contributed by atoms with van der Waals surface area (Å²) in [5.41, 5.74) is -13.1. The molecule has 2 rings (SSSR count). The van der Waals surface area contributed by atoms with E-state index in [4.69, 9.17) is 35.6 Å². The predicted molar refractivity (Wildman–Crippen MR) is 93.6 cm³/mol. The van der Waals surface area contributed by atoms with Crippen LogP contribution in [0.2, 0.25) is 0 Å². The molecule has 0 saturated carbocycles. The zero-order chi connectivity index (χ0) is 37.6. The summed E-state index contributed by atoms with van der Waals surface area (Å²) in [6, 6.07) is -11.2. The normalized spacial score (nSPS) is 33.9. The number of anilines is 2. The molecule has 0 radical (unpaired) electrons. The largest absolute Gasteiger partial charge is 0.356 e. The molecule has 0 aliphatic carbocycles. The fourth-order valence-electron chi connectivity index (χ4n) is 1.25. The van der Waals surface area contributed by atoms with Crippen molar-refractivity contribution in [1.82, 2.24) is 0 Å². The molecule has 0 unspecified atom stereocenters. The van der Waals surface area contributed by atoms with Gasteiger partial charge in [-0.05, 0) is 46.1 Å². The van der Waals surface area contributed by atoms with Crippen LogP contribution in [0.1, 0.15) is 87.9 Å². The summed E-state index contributed by atoms with van der Waals surface area (Å²) in [6.07, 6.45) is 0. The summed E-state index contributed by atoms with van der Waals surface area (Å²) in [5, 5.41) is 2.06. The van der Waals surface area contributed by atoms with Gasteiger partial charge in [0.2, 0.25) is 0 Å². The Labute approximate surface area is 165 Å². The van der Waals surface area contributed by atoms with Gasteiger partial charge in [-0.15, -0.1) is 0 Å². The topological polar surface area (TPSA) is 12.0 Å². The molecule has 0 atom stereocenters. The number of hydrogen-bond acceptors (Lipinski definition) is 1. The summed E-state index contributed by atoms with van der Waals surface area (Å²) in [7, 11) is 0. The van der Waals surface area contributed by atoms with Crippen LogP contribution < -0.4 is 5.32 Å². The fourth-order valence-corrected chi connectivity index (χ4v) is 1.25. The standard InChI is InChI=1S/C20H27N/c1-19(2,3)15-7-11-17(12-8-15)21-18-13-9-16(10-14-18)20(4,5)6/h7-14,21H,1-6H3/i1D3,2D3,3D3,4D3,5D3,6D3,7D,8D,9D,10D,11D,12D,13D,14D. The van der Waals surface area contributed by atoms with E-state index in [1.807, 2.05) is 0 Å². The van der Waals surface area contributed by atoms with Crippen LogP contribution in [0.25, 0.3) is 0 Å². The molecule has 1 N–H and O–H groups in total. The third-order valence-electron chi connectivity index (χ3n) is 2.25. The van der Waals surface area contributed by atoms with Crippen molar-refractivity contribution in [3.63, 3.8) is 0 Å². The Morgan fingerprint density at radius 1 is 0.667 bits per heavy atom. The van der Waals surface area contributed by atoms with E-state index in [2.05, 4.69) is 5.32 Å². The third-order valence-corrected chi connectivity index (χ3v) is 2.25. The predicted octanol–water partition coefficient (Wildman–Crippen LogP) is 6.03. The van der Waals surface area contributed by atoms with Crippen molar-refractivity contribution in [2.75, 3.05) is 5.32 Å². The van der Waals surface area contributed by atoms with Crippen LogP contribution in [-0.2, 0) is 10.8 Å². The molecule has 0 fully saturated rings. The molecule has 0 heterocycles. The smallest absolute Gasteiger partial charge is 0.0645 e. The highest BCUT2D eigenvalue weighted by molar-refractivity contribution is 5.60. The second kappa shape index (κ2) is 5.55. The first-order valence-corrected chi connectivity index (χ1v) is 5.50. The Kier molecular flexibility index (Phi) is 0.792. The van der Waals surface area contributed by atoms with Gasteiger partial charge >= 0.3 is 0 Å². The molecule has 0 bridgehead atoms. The first-order chi connectivity index (χ1) is 20.5. The lowest BCUT2D eigenvalue weighted by atomic mass is 9.87. The monoisotopic (exact) mass is 307 g/mol. The van der Waals surface area contributed by atoms with E-state index in [0.29, 0.717) is 0 Å². The van der Waals surface area contributed by atoms with Gasteiger partial charge in [0.25, 0.3) is 0 Å². The second-order valence-corrected chi connectivity index (χ2v) is 4.12. The molecule has 0 saturated heterocycles. The van der Waals surface area contributed by atoms with Crippen LogP contribution in [-0.4, -0.2) is 0 Å². The van der Waals surface area contributed by atoms with E-state index in [1.54, 1.807) is 0 Å². The van der Waals surface area contributed by atoms with Crippen molar-refractivity contribution >= 4 is 11.4 Å². The Hall–Kier alpha value is -1.76. The van der Waals surface area contributed by atoms with Crippen LogP contribution >= 0.6 is 0 Å². The van der Waals surface area contributed by atoms with Gasteiger partial charge in [-0.25, -0.2) is 0 Å². The molecule has 0 amide bonds. The van der Waals surface area contributed by atoms with Gasteiger partial charge in [0.15, 0.2) is 0 Å². The molecule has 0 aromatic heterocycles. The van der Waals surface area contributed by atoms with E-state index < -0.39 is 123 Å². The van der Waals surface area contributed by atoms with Crippen LogP contribution in [0.3, 0.4) is 0 Å². The third kappa shape index (κ3) is 4.10. The average molecular weight is 308 g/mol. The Morgan fingerprint density at radius 3 is 1.29 bits per heavy atom. The molecule has 21 heavy (non-hydrogen) atoms. The lowest BCUT2D eigenvalue weighted by molar-refractivity contribution is 0.590. The zero-order valence-electron chi connectivity index (χ0n) is 36.5. The summed E-state index contributed by atoms with van der Waals surface area (Å²) < 4.78 is 209. The van der Waals surface area contributed by atoms with Gasteiger partial charge in [0.05, 0.1) is 11.0 Å². The first kappa shape index (κ1) is 2.99. The van der Waals surface area contributed by atoms with Gasteiger partial charge in [0, 0.05) is 36.0 Å². The average Bonchev–Trinajstić information content (AvgIpc) is 2.81. The van der Waals surface area contributed by atoms with Crippen molar-refractivity contribution in [2.45, 2.75) is 51.9 Å². The highest BCUT2D eigenvalue weighted by Gasteiger charge is 2.14. The van der Waals surface area contributed by atoms with E-state index in [9.17, 15) is 0 Å². The van der Waals surface area contributed by atoms with E-state index in [0.717, 1.165) is 0 Å².